The number of esters is 1. The number of primary amides is 1. The maximum absolute atomic E-state index is 11.4. The number of hydrogen-bond donors (Lipinski definition) is 2. The van der Waals surface area contributed by atoms with Gasteiger partial charge in [0.05, 0.1) is 7.11 Å². The Morgan fingerprint density at radius 3 is 2.53 bits per heavy atom. The normalized spacial score (nSPS) is 11.6. The van der Waals surface area contributed by atoms with Crippen LogP contribution in [0.1, 0.15) is 17.3 Å². The van der Waals surface area contributed by atoms with Crippen LogP contribution in [0, 0.1) is 0 Å². The second-order valence-corrected chi connectivity index (χ2v) is 3.41. The van der Waals surface area contributed by atoms with Crippen LogP contribution >= 0.6 is 0 Å². The first-order chi connectivity index (χ1) is 7.95. The standard InChI is InChI=1S/C11H14N2O4/c1-6(10(13)14)17-9-5-7(12)3-4-8(9)11(15)16-2/h3-6H,12H2,1-2H3,(H2,13,14). The summed E-state index contributed by atoms with van der Waals surface area (Å²) >= 11 is 0. The van der Waals surface area contributed by atoms with Gasteiger partial charge in [-0.05, 0) is 19.1 Å². The van der Waals surface area contributed by atoms with Crippen LogP contribution in [0.3, 0.4) is 0 Å². The van der Waals surface area contributed by atoms with Crippen molar-refractivity contribution >= 4 is 17.6 Å². The number of benzene rings is 1. The zero-order valence-electron chi connectivity index (χ0n) is 9.60. The summed E-state index contributed by atoms with van der Waals surface area (Å²) in [4.78, 5) is 22.3. The highest BCUT2D eigenvalue weighted by molar-refractivity contribution is 5.93. The fourth-order valence-corrected chi connectivity index (χ4v) is 1.16. The molecule has 1 rings (SSSR count). The maximum Gasteiger partial charge on any atom is 0.341 e. The lowest BCUT2D eigenvalue weighted by atomic mass is 10.2. The summed E-state index contributed by atoms with van der Waals surface area (Å²) in [5, 5.41) is 0. The molecule has 0 aliphatic carbocycles. The predicted octanol–water partition coefficient (Wildman–Crippen LogP) is 0.308. The first-order valence-corrected chi connectivity index (χ1v) is 4.89. The average Bonchev–Trinajstić information content (AvgIpc) is 2.28. The van der Waals surface area contributed by atoms with Crippen LogP contribution in [0.15, 0.2) is 18.2 Å². The number of carbonyl (C=O) groups is 2. The first-order valence-electron chi connectivity index (χ1n) is 4.89. The average molecular weight is 238 g/mol. The van der Waals surface area contributed by atoms with Crippen LogP contribution in [0.25, 0.3) is 0 Å². The molecule has 17 heavy (non-hydrogen) atoms. The van der Waals surface area contributed by atoms with Crippen LogP contribution < -0.4 is 16.2 Å². The predicted molar refractivity (Wildman–Crippen MR) is 61.5 cm³/mol. The van der Waals surface area contributed by atoms with E-state index >= 15 is 0 Å². The molecule has 0 aromatic heterocycles. The second kappa shape index (κ2) is 5.20. The third kappa shape index (κ3) is 3.10. The van der Waals surface area contributed by atoms with Crippen molar-refractivity contribution < 1.29 is 19.1 Å². The number of nitrogens with two attached hydrogens (primary N) is 2. The fourth-order valence-electron chi connectivity index (χ4n) is 1.16. The molecule has 0 heterocycles. The molecule has 0 spiro atoms. The second-order valence-electron chi connectivity index (χ2n) is 3.41. The monoisotopic (exact) mass is 238 g/mol. The molecule has 1 aromatic rings. The minimum atomic E-state index is -0.861. The summed E-state index contributed by atoms with van der Waals surface area (Å²) in [5.74, 6) is -1.04. The van der Waals surface area contributed by atoms with Crippen molar-refractivity contribution in [2.24, 2.45) is 5.73 Å². The van der Waals surface area contributed by atoms with Crippen molar-refractivity contribution in [2.75, 3.05) is 12.8 Å². The Kier molecular flexibility index (Phi) is 3.92. The first kappa shape index (κ1) is 12.8. The molecule has 0 aliphatic rings. The molecule has 6 nitrogen and oxygen atoms in total. The van der Waals surface area contributed by atoms with Gasteiger partial charge in [0.2, 0.25) is 0 Å². The van der Waals surface area contributed by atoms with Gasteiger partial charge >= 0.3 is 5.97 Å². The molecule has 4 N–H and O–H groups in total. The molecule has 0 fully saturated rings. The molecular formula is C11H14N2O4. The van der Waals surface area contributed by atoms with Crippen molar-refractivity contribution in [1.82, 2.24) is 0 Å². The van der Waals surface area contributed by atoms with E-state index in [1.54, 1.807) is 0 Å². The van der Waals surface area contributed by atoms with Crippen molar-refractivity contribution in [3.05, 3.63) is 23.8 Å². The van der Waals surface area contributed by atoms with Crippen molar-refractivity contribution in [2.45, 2.75) is 13.0 Å². The number of hydrogen-bond acceptors (Lipinski definition) is 5. The van der Waals surface area contributed by atoms with Crippen molar-refractivity contribution in [3.63, 3.8) is 0 Å². The van der Waals surface area contributed by atoms with Gasteiger partial charge in [-0.1, -0.05) is 0 Å². The van der Waals surface area contributed by atoms with E-state index in [1.165, 1.54) is 32.2 Å². The van der Waals surface area contributed by atoms with Crippen LogP contribution in [-0.2, 0) is 9.53 Å². The van der Waals surface area contributed by atoms with Crippen molar-refractivity contribution in [1.29, 1.82) is 0 Å². The van der Waals surface area contributed by atoms with Gasteiger partial charge in [0.25, 0.3) is 5.91 Å². The highest BCUT2D eigenvalue weighted by Gasteiger charge is 2.17. The summed E-state index contributed by atoms with van der Waals surface area (Å²) in [6.45, 7) is 1.48. The van der Waals surface area contributed by atoms with Crippen molar-refractivity contribution in [3.8, 4) is 5.75 Å². The van der Waals surface area contributed by atoms with E-state index in [2.05, 4.69) is 4.74 Å². The third-order valence-corrected chi connectivity index (χ3v) is 2.12. The lowest BCUT2D eigenvalue weighted by Crippen LogP contribution is -2.31. The molecule has 1 atom stereocenters. The topological polar surface area (TPSA) is 105 Å². The molecule has 1 amide bonds. The Bertz CT molecular complexity index is 445. The molecule has 92 valence electrons. The third-order valence-electron chi connectivity index (χ3n) is 2.12. The fraction of sp³-hybridized carbons (Fsp3) is 0.273. The van der Waals surface area contributed by atoms with Crippen LogP contribution in [0.2, 0.25) is 0 Å². The molecule has 6 heteroatoms. The van der Waals surface area contributed by atoms with E-state index in [1.807, 2.05) is 0 Å². The zero-order valence-corrected chi connectivity index (χ0v) is 9.60. The lowest BCUT2D eigenvalue weighted by molar-refractivity contribution is -0.124. The van der Waals surface area contributed by atoms with Crippen LogP contribution in [0.4, 0.5) is 5.69 Å². The largest absolute Gasteiger partial charge is 0.480 e. The SMILES string of the molecule is COC(=O)c1ccc(N)cc1OC(C)C(N)=O. The highest BCUT2D eigenvalue weighted by Crippen LogP contribution is 2.23. The molecule has 0 bridgehead atoms. The van der Waals surface area contributed by atoms with Crippen LogP contribution in [0.5, 0.6) is 5.75 Å². The number of rotatable bonds is 4. The molecule has 0 saturated heterocycles. The summed E-state index contributed by atoms with van der Waals surface area (Å²) in [6, 6.07) is 4.43. The smallest absolute Gasteiger partial charge is 0.341 e. The molecule has 1 unspecified atom stereocenters. The minimum absolute atomic E-state index is 0.170. The van der Waals surface area contributed by atoms with Gasteiger partial charge in [-0.15, -0.1) is 0 Å². The Hall–Kier alpha value is -2.24. The number of anilines is 1. The number of ether oxygens (including phenoxy) is 2. The van der Waals surface area contributed by atoms with Crippen LogP contribution in [-0.4, -0.2) is 25.1 Å². The Morgan fingerprint density at radius 2 is 2.00 bits per heavy atom. The van der Waals surface area contributed by atoms with E-state index in [-0.39, 0.29) is 11.3 Å². The highest BCUT2D eigenvalue weighted by atomic mass is 16.5. The van der Waals surface area contributed by atoms with Gasteiger partial charge in [0.15, 0.2) is 6.10 Å². The summed E-state index contributed by atoms with van der Waals surface area (Å²) in [6.07, 6.45) is -0.861. The Balaban J connectivity index is 3.07. The van der Waals surface area contributed by atoms with Gasteiger partial charge in [-0.25, -0.2) is 4.79 Å². The molecule has 0 aliphatic heterocycles. The van der Waals surface area contributed by atoms with E-state index in [0.717, 1.165) is 0 Å². The molecule has 1 aromatic carbocycles. The maximum atomic E-state index is 11.4. The van der Waals surface area contributed by atoms with E-state index in [4.69, 9.17) is 16.2 Å². The van der Waals surface area contributed by atoms with Gasteiger partial charge < -0.3 is 20.9 Å². The zero-order chi connectivity index (χ0) is 13.0. The van der Waals surface area contributed by atoms with Gasteiger partial charge in [-0.3, -0.25) is 4.79 Å². The van der Waals surface area contributed by atoms with E-state index in [0.29, 0.717) is 5.69 Å². The van der Waals surface area contributed by atoms with Gasteiger partial charge in [0.1, 0.15) is 11.3 Å². The van der Waals surface area contributed by atoms with Gasteiger partial charge in [0, 0.05) is 11.8 Å². The lowest BCUT2D eigenvalue weighted by Gasteiger charge is -2.14. The Labute approximate surface area is 98.5 Å². The summed E-state index contributed by atoms with van der Waals surface area (Å²) in [5.41, 5.74) is 11.2. The van der Waals surface area contributed by atoms with E-state index in [9.17, 15) is 9.59 Å². The number of carbonyl (C=O) groups excluding carboxylic acids is 2. The summed E-state index contributed by atoms with van der Waals surface area (Å²) in [7, 11) is 1.25. The number of nitrogen functional groups attached to an aromatic ring is 1. The van der Waals surface area contributed by atoms with Gasteiger partial charge in [-0.2, -0.15) is 0 Å². The molecular weight excluding hydrogens is 224 g/mol. The van der Waals surface area contributed by atoms with E-state index < -0.39 is 18.0 Å². The number of amides is 1. The molecule has 0 radical (unpaired) electrons. The quantitative estimate of drug-likeness (QED) is 0.580. The Morgan fingerprint density at radius 1 is 1.35 bits per heavy atom. The minimum Gasteiger partial charge on any atom is -0.480 e. The number of methoxy groups -OCH3 is 1. The molecule has 0 saturated carbocycles. The summed E-state index contributed by atoms with van der Waals surface area (Å²) < 4.78 is 9.84.